The molecule has 0 atom stereocenters. The summed E-state index contributed by atoms with van der Waals surface area (Å²) in [6, 6.07) is 14.4. The van der Waals surface area contributed by atoms with Crippen molar-refractivity contribution in [1.29, 1.82) is 0 Å². The Bertz CT molecular complexity index is 1010. The summed E-state index contributed by atoms with van der Waals surface area (Å²) in [7, 11) is -4.66. The predicted octanol–water partition coefficient (Wildman–Crippen LogP) is 3.41. The van der Waals surface area contributed by atoms with Crippen molar-refractivity contribution in [2.75, 3.05) is 0 Å². The molecule has 5 nitrogen and oxygen atoms in total. The summed E-state index contributed by atoms with van der Waals surface area (Å²) in [4.78, 5) is 10.9. The quantitative estimate of drug-likeness (QED) is 0.618. The molecule has 0 N–H and O–H groups in total. The first kappa shape index (κ1) is 17.9. The number of aromatic nitrogens is 2. The molecular weight excluding hydrogens is 362 g/mol. The van der Waals surface area contributed by atoms with Crippen LogP contribution in [0.25, 0.3) is 11.3 Å². The number of carbonyl (C=O) groups is 1. The Morgan fingerprint density at radius 1 is 1.04 bits per heavy atom. The number of rotatable bonds is 6. The van der Waals surface area contributed by atoms with Gasteiger partial charge in [0, 0.05) is 11.8 Å². The second-order valence-corrected chi connectivity index (χ2v) is 7.48. The molecule has 134 valence electrons. The molecule has 0 amide bonds. The number of aldehydes is 1. The van der Waals surface area contributed by atoms with E-state index in [9.17, 15) is 22.0 Å². The van der Waals surface area contributed by atoms with Crippen LogP contribution in [-0.2, 0) is 16.4 Å². The molecule has 26 heavy (non-hydrogen) atoms. The Labute approximate surface area is 148 Å². The van der Waals surface area contributed by atoms with E-state index >= 15 is 0 Å². The van der Waals surface area contributed by atoms with Crippen molar-refractivity contribution in [3.8, 4) is 11.3 Å². The molecule has 3 aromatic rings. The van der Waals surface area contributed by atoms with E-state index in [1.807, 2.05) is 30.3 Å². The molecule has 1 heterocycles. The highest BCUT2D eigenvalue weighted by Gasteiger charge is 2.26. The first-order valence-corrected chi connectivity index (χ1v) is 9.15. The van der Waals surface area contributed by atoms with E-state index in [0.29, 0.717) is 29.7 Å². The molecule has 8 heteroatoms. The van der Waals surface area contributed by atoms with Crippen LogP contribution in [0.15, 0.2) is 65.7 Å². The van der Waals surface area contributed by atoms with E-state index in [1.54, 1.807) is 10.9 Å². The molecule has 3 rings (SSSR count). The van der Waals surface area contributed by atoms with Crippen LogP contribution in [0.5, 0.6) is 0 Å². The molecule has 0 fully saturated rings. The van der Waals surface area contributed by atoms with Gasteiger partial charge >= 0.3 is 5.76 Å². The van der Waals surface area contributed by atoms with Crippen LogP contribution in [0.1, 0.15) is 15.9 Å². The second kappa shape index (κ2) is 7.17. The molecular formula is C18H14F2N2O3S. The standard InChI is InChI=1S/C18H14F2N2O3S/c19-18(20)26(24,25)16-8-6-14(7-9-16)17-15(12-23)11-22(21-17)10-13-4-2-1-3-5-13/h1-9,11-12,18H,10H2. The number of hydrogen-bond acceptors (Lipinski definition) is 4. The summed E-state index contributed by atoms with van der Waals surface area (Å²) in [6.45, 7) is 0.458. The molecule has 0 radical (unpaired) electrons. The lowest BCUT2D eigenvalue weighted by atomic mass is 10.1. The van der Waals surface area contributed by atoms with Gasteiger partial charge in [0.05, 0.1) is 17.0 Å². The highest BCUT2D eigenvalue weighted by molar-refractivity contribution is 7.91. The summed E-state index contributed by atoms with van der Waals surface area (Å²) in [5, 5.41) is 4.36. The monoisotopic (exact) mass is 376 g/mol. The third-order valence-electron chi connectivity index (χ3n) is 3.80. The second-order valence-electron chi connectivity index (χ2n) is 5.56. The fraction of sp³-hybridized carbons (Fsp3) is 0.111. The van der Waals surface area contributed by atoms with Crippen molar-refractivity contribution in [3.63, 3.8) is 0 Å². The lowest BCUT2D eigenvalue weighted by Crippen LogP contribution is -2.11. The Hall–Kier alpha value is -2.87. The summed E-state index contributed by atoms with van der Waals surface area (Å²) in [5.74, 6) is -3.48. The van der Waals surface area contributed by atoms with Crippen molar-refractivity contribution in [3.05, 3.63) is 71.9 Å². The Morgan fingerprint density at radius 3 is 2.27 bits per heavy atom. The van der Waals surface area contributed by atoms with Gasteiger partial charge in [-0.05, 0) is 17.7 Å². The molecule has 0 bridgehead atoms. The van der Waals surface area contributed by atoms with Crippen molar-refractivity contribution in [2.24, 2.45) is 0 Å². The molecule has 0 aliphatic carbocycles. The summed E-state index contributed by atoms with van der Waals surface area (Å²) in [6.07, 6.45) is 2.23. The zero-order valence-corrected chi connectivity index (χ0v) is 14.2. The van der Waals surface area contributed by atoms with Crippen LogP contribution in [0.4, 0.5) is 8.78 Å². The van der Waals surface area contributed by atoms with Crippen molar-refractivity contribution in [1.82, 2.24) is 9.78 Å². The zero-order valence-electron chi connectivity index (χ0n) is 13.4. The van der Waals surface area contributed by atoms with Gasteiger partial charge in [-0.2, -0.15) is 13.9 Å². The summed E-state index contributed by atoms with van der Waals surface area (Å²) >= 11 is 0. The van der Waals surface area contributed by atoms with Gasteiger partial charge in [0.2, 0.25) is 9.84 Å². The average molecular weight is 376 g/mol. The molecule has 1 aromatic heterocycles. The van der Waals surface area contributed by atoms with Gasteiger partial charge in [-0.25, -0.2) is 8.42 Å². The summed E-state index contributed by atoms with van der Waals surface area (Å²) in [5.41, 5.74) is 2.15. The zero-order chi connectivity index (χ0) is 18.7. The van der Waals surface area contributed by atoms with Crippen LogP contribution in [0.2, 0.25) is 0 Å². The predicted molar refractivity (Wildman–Crippen MR) is 91.8 cm³/mol. The maximum atomic E-state index is 12.6. The van der Waals surface area contributed by atoms with Gasteiger partial charge in [-0.1, -0.05) is 42.5 Å². The van der Waals surface area contributed by atoms with Crippen LogP contribution in [0, 0.1) is 0 Å². The van der Waals surface area contributed by atoms with Gasteiger partial charge in [0.25, 0.3) is 0 Å². The minimum absolute atomic E-state index is 0.324. The maximum absolute atomic E-state index is 12.6. The number of benzene rings is 2. The Morgan fingerprint density at radius 2 is 1.69 bits per heavy atom. The molecule has 0 unspecified atom stereocenters. The van der Waals surface area contributed by atoms with Crippen LogP contribution >= 0.6 is 0 Å². The molecule has 0 spiro atoms. The molecule has 0 saturated heterocycles. The van der Waals surface area contributed by atoms with Gasteiger partial charge in [-0.3, -0.25) is 9.48 Å². The minimum atomic E-state index is -4.66. The SMILES string of the molecule is O=Cc1cn(Cc2ccccc2)nc1-c1ccc(S(=O)(=O)C(F)F)cc1. The van der Waals surface area contributed by atoms with Gasteiger partial charge < -0.3 is 0 Å². The van der Waals surface area contributed by atoms with Gasteiger partial charge in [0.1, 0.15) is 5.69 Å². The third kappa shape index (κ3) is 3.55. The number of alkyl halides is 2. The highest BCUT2D eigenvalue weighted by atomic mass is 32.2. The van der Waals surface area contributed by atoms with E-state index < -0.39 is 20.5 Å². The van der Waals surface area contributed by atoms with Gasteiger partial charge in [0.15, 0.2) is 6.29 Å². The lowest BCUT2D eigenvalue weighted by molar-refractivity contribution is 0.112. The third-order valence-corrected chi connectivity index (χ3v) is 5.19. The van der Waals surface area contributed by atoms with E-state index in [0.717, 1.165) is 17.7 Å². The Kier molecular flexibility index (Phi) is 4.94. The molecule has 0 saturated carbocycles. The number of sulfone groups is 1. The van der Waals surface area contributed by atoms with Crippen molar-refractivity contribution < 1.29 is 22.0 Å². The van der Waals surface area contributed by atoms with Crippen LogP contribution in [-0.4, -0.2) is 30.2 Å². The largest absolute Gasteiger partial charge is 0.341 e. The molecule has 2 aromatic carbocycles. The van der Waals surface area contributed by atoms with E-state index in [1.165, 1.54) is 12.1 Å². The van der Waals surface area contributed by atoms with Crippen molar-refractivity contribution >= 4 is 16.1 Å². The van der Waals surface area contributed by atoms with Gasteiger partial charge in [-0.15, -0.1) is 0 Å². The highest BCUT2D eigenvalue weighted by Crippen LogP contribution is 2.25. The Balaban J connectivity index is 1.93. The van der Waals surface area contributed by atoms with E-state index in [4.69, 9.17) is 0 Å². The fourth-order valence-electron chi connectivity index (χ4n) is 2.50. The average Bonchev–Trinajstić information content (AvgIpc) is 3.05. The lowest BCUT2D eigenvalue weighted by Gasteiger charge is -2.04. The molecule has 0 aliphatic rings. The number of halogens is 2. The molecule has 0 aliphatic heterocycles. The topological polar surface area (TPSA) is 69.0 Å². The summed E-state index contributed by atoms with van der Waals surface area (Å²) < 4.78 is 49.8. The number of carbonyl (C=O) groups excluding carboxylic acids is 1. The van der Waals surface area contributed by atoms with Crippen LogP contribution in [0.3, 0.4) is 0 Å². The maximum Gasteiger partial charge on any atom is 0.341 e. The van der Waals surface area contributed by atoms with Crippen molar-refractivity contribution in [2.45, 2.75) is 17.2 Å². The van der Waals surface area contributed by atoms with E-state index in [-0.39, 0.29) is 0 Å². The number of nitrogens with zero attached hydrogens (tertiary/aromatic N) is 2. The normalized spacial score (nSPS) is 11.7. The number of hydrogen-bond donors (Lipinski definition) is 0. The first-order chi connectivity index (χ1) is 12.4. The smallest absolute Gasteiger partial charge is 0.298 e. The van der Waals surface area contributed by atoms with E-state index in [2.05, 4.69) is 5.10 Å². The minimum Gasteiger partial charge on any atom is -0.298 e. The van der Waals surface area contributed by atoms with Crippen LogP contribution < -0.4 is 0 Å². The first-order valence-electron chi connectivity index (χ1n) is 7.61. The fourth-order valence-corrected chi connectivity index (χ4v) is 3.23.